The van der Waals surface area contributed by atoms with Crippen LogP contribution in [-0.4, -0.2) is 21.3 Å². The Hall–Kier alpha value is -0.770. The molecule has 13 heavy (non-hydrogen) atoms. The summed E-state index contributed by atoms with van der Waals surface area (Å²) in [5, 5.41) is 4.06. The van der Waals surface area contributed by atoms with E-state index in [-0.39, 0.29) is 5.78 Å². The van der Waals surface area contributed by atoms with Crippen LogP contribution in [0.3, 0.4) is 0 Å². The number of hydrogen-bond donors (Lipinski definition) is 0. The molecule has 3 nitrogen and oxygen atoms in total. The lowest BCUT2D eigenvalue weighted by molar-refractivity contribution is -0.117. The third-order valence-corrected chi connectivity index (χ3v) is 2.66. The highest BCUT2D eigenvalue weighted by Crippen LogP contribution is 2.17. The number of rotatable bonds is 5. The summed E-state index contributed by atoms with van der Waals surface area (Å²) in [6.07, 6.45) is 5.47. The molecule has 1 heterocycles. The average molecular weight is 198 g/mol. The molecule has 0 aliphatic rings. The maximum absolute atomic E-state index is 10.6. The molecule has 0 aromatic carbocycles. The normalized spacial score (nSPS) is 10.3. The van der Waals surface area contributed by atoms with E-state index in [0.717, 1.165) is 12.2 Å². The minimum absolute atomic E-state index is 0.270. The van der Waals surface area contributed by atoms with Gasteiger partial charge in [-0.2, -0.15) is 5.10 Å². The Kier molecular flexibility index (Phi) is 4.02. The molecular formula is C9H14N2OS. The molecule has 0 atom stereocenters. The topological polar surface area (TPSA) is 34.9 Å². The zero-order chi connectivity index (χ0) is 9.68. The van der Waals surface area contributed by atoms with Crippen molar-refractivity contribution in [3.05, 3.63) is 12.4 Å². The van der Waals surface area contributed by atoms with Crippen LogP contribution in [0.25, 0.3) is 0 Å². The molecule has 1 aromatic heterocycles. The summed E-state index contributed by atoms with van der Waals surface area (Å²) >= 11 is 1.75. The SMILES string of the molecule is CC(=O)CCCSc1cnn(C)c1. The first-order valence-electron chi connectivity index (χ1n) is 4.29. The van der Waals surface area contributed by atoms with Crippen LogP contribution < -0.4 is 0 Å². The summed E-state index contributed by atoms with van der Waals surface area (Å²) in [6, 6.07) is 0. The highest BCUT2D eigenvalue weighted by Gasteiger charge is 1.97. The van der Waals surface area contributed by atoms with Gasteiger partial charge < -0.3 is 4.79 Å². The zero-order valence-corrected chi connectivity index (χ0v) is 8.80. The van der Waals surface area contributed by atoms with Crippen molar-refractivity contribution in [1.29, 1.82) is 0 Å². The fourth-order valence-electron chi connectivity index (χ4n) is 0.984. The molecule has 0 spiro atoms. The predicted molar refractivity (Wildman–Crippen MR) is 53.8 cm³/mol. The van der Waals surface area contributed by atoms with Crippen molar-refractivity contribution >= 4 is 17.5 Å². The van der Waals surface area contributed by atoms with Crippen LogP contribution in [0.2, 0.25) is 0 Å². The minimum Gasteiger partial charge on any atom is -0.300 e. The number of carbonyl (C=O) groups is 1. The molecule has 0 N–H and O–H groups in total. The standard InChI is InChI=1S/C9H14N2OS/c1-8(12)4-3-5-13-9-6-10-11(2)7-9/h6-7H,3-5H2,1-2H3. The lowest BCUT2D eigenvalue weighted by atomic mass is 10.3. The summed E-state index contributed by atoms with van der Waals surface area (Å²) in [6.45, 7) is 1.63. The zero-order valence-electron chi connectivity index (χ0n) is 7.99. The van der Waals surface area contributed by atoms with E-state index in [1.165, 1.54) is 4.90 Å². The summed E-state index contributed by atoms with van der Waals surface area (Å²) < 4.78 is 1.79. The van der Waals surface area contributed by atoms with Crippen molar-refractivity contribution < 1.29 is 4.79 Å². The van der Waals surface area contributed by atoms with Gasteiger partial charge in [-0.25, -0.2) is 0 Å². The molecule has 0 saturated heterocycles. The molecule has 4 heteroatoms. The molecule has 1 aromatic rings. The van der Waals surface area contributed by atoms with Gasteiger partial charge in [0.15, 0.2) is 0 Å². The first kappa shape index (κ1) is 10.3. The van der Waals surface area contributed by atoms with Crippen LogP contribution in [0, 0.1) is 0 Å². The number of carbonyl (C=O) groups excluding carboxylic acids is 1. The maximum Gasteiger partial charge on any atom is 0.129 e. The molecule has 0 bridgehead atoms. The van der Waals surface area contributed by atoms with E-state index in [9.17, 15) is 4.79 Å². The van der Waals surface area contributed by atoms with Gasteiger partial charge in [0.2, 0.25) is 0 Å². The smallest absolute Gasteiger partial charge is 0.129 e. The van der Waals surface area contributed by atoms with E-state index in [1.807, 2.05) is 19.4 Å². The van der Waals surface area contributed by atoms with Gasteiger partial charge in [-0.05, 0) is 19.1 Å². The number of aryl methyl sites for hydroxylation is 1. The van der Waals surface area contributed by atoms with E-state index in [2.05, 4.69) is 5.10 Å². The highest BCUT2D eigenvalue weighted by atomic mass is 32.2. The number of Topliss-reactive ketones (excluding diaryl/α,β-unsaturated/α-hetero) is 1. The molecule has 0 aliphatic heterocycles. The highest BCUT2D eigenvalue weighted by molar-refractivity contribution is 7.99. The molecule has 0 aliphatic carbocycles. The van der Waals surface area contributed by atoms with Crippen molar-refractivity contribution in [3.63, 3.8) is 0 Å². The fraction of sp³-hybridized carbons (Fsp3) is 0.556. The van der Waals surface area contributed by atoms with Crippen LogP contribution in [0.5, 0.6) is 0 Å². The van der Waals surface area contributed by atoms with Gasteiger partial charge >= 0.3 is 0 Å². The Balaban J connectivity index is 2.16. The number of thioether (sulfide) groups is 1. The monoisotopic (exact) mass is 198 g/mol. The van der Waals surface area contributed by atoms with E-state index in [1.54, 1.807) is 23.4 Å². The predicted octanol–water partition coefficient (Wildman–Crippen LogP) is 1.88. The fourth-order valence-corrected chi connectivity index (χ4v) is 1.86. The second kappa shape index (κ2) is 5.07. The summed E-state index contributed by atoms with van der Waals surface area (Å²) in [5.41, 5.74) is 0. The van der Waals surface area contributed by atoms with Crippen molar-refractivity contribution in [3.8, 4) is 0 Å². The third kappa shape index (κ3) is 4.12. The molecule has 0 radical (unpaired) electrons. The molecule has 0 saturated carbocycles. The number of aromatic nitrogens is 2. The minimum atomic E-state index is 0.270. The summed E-state index contributed by atoms with van der Waals surface area (Å²) in [5.74, 6) is 1.26. The van der Waals surface area contributed by atoms with Crippen molar-refractivity contribution in [2.75, 3.05) is 5.75 Å². The number of ketones is 1. The molecule has 0 unspecified atom stereocenters. The molecule has 72 valence electrons. The quantitative estimate of drug-likeness (QED) is 0.535. The molecular weight excluding hydrogens is 184 g/mol. The molecule has 0 amide bonds. The Morgan fingerprint density at radius 2 is 2.46 bits per heavy atom. The van der Waals surface area contributed by atoms with Gasteiger partial charge in [0.05, 0.1) is 6.20 Å². The van der Waals surface area contributed by atoms with Crippen LogP contribution in [0.4, 0.5) is 0 Å². The van der Waals surface area contributed by atoms with Gasteiger partial charge in [0.25, 0.3) is 0 Å². The summed E-state index contributed by atoms with van der Waals surface area (Å²) in [7, 11) is 1.90. The number of nitrogens with zero attached hydrogens (tertiary/aromatic N) is 2. The lowest BCUT2D eigenvalue weighted by Gasteiger charge is -1.95. The Morgan fingerprint density at radius 3 is 3.00 bits per heavy atom. The van der Waals surface area contributed by atoms with Crippen molar-refractivity contribution in [1.82, 2.24) is 9.78 Å². The molecule has 1 rings (SSSR count). The van der Waals surface area contributed by atoms with Crippen molar-refractivity contribution in [2.45, 2.75) is 24.7 Å². The van der Waals surface area contributed by atoms with Gasteiger partial charge in [-0.15, -0.1) is 11.8 Å². The van der Waals surface area contributed by atoms with E-state index >= 15 is 0 Å². The first-order chi connectivity index (χ1) is 6.18. The van der Waals surface area contributed by atoms with E-state index < -0.39 is 0 Å². The van der Waals surface area contributed by atoms with E-state index in [4.69, 9.17) is 0 Å². The second-order valence-corrected chi connectivity index (χ2v) is 4.17. The van der Waals surface area contributed by atoms with Crippen LogP contribution >= 0.6 is 11.8 Å². The van der Waals surface area contributed by atoms with Gasteiger partial charge in [0.1, 0.15) is 5.78 Å². The Labute approximate surface area is 82.5 Å². The van der Waals surface area contributed by atoms with E-state index in [0.29, 0.717) is 6.42 Å². The first-order valence-corrected chi connectivity index (χ1v) is 5.28. The van der Waals surface area contributed by atoms with Gasteiger partial charge in [0, 0.05) is 24.6 Å². The molecule has 0 fully saturated rings. The average Bonchev–Trinajstić information content (AvgIpc) is 2.45. The van der Waals surface area contributed by atoms with Crippen LogP contribution in [0.15, 0.2) is 17.3 Å². The number of hydrogen-bond acceptors (Lipinski definition) is 3. The lowest BCUT2D eigenvalue weighted by Crippen LogP contribution is -1.90. The Morgan fingerprint density at radius 1 is 1.69 bits per heavy atom. The third-order valence-electron chi connectivity index (χ3n) is 1.62. The second-order valence-electron chi connectivity index (χ2n) is 3.00. The van der Waals surface area contributed by atoms with Crippen LogP contribution in [0.1, 0.15) is 19.8 Å². The maximum atomic E-state index is 10.6. The van der Waals surface area contributed by atoms with Gasteiger partial charge in [-0.1, -0.05) is 0 Å². The Bertz CT molecular complexity index is 283. The van der Waals surface area contributed by atoms with Gasteiger partial charge in [-0.3, -0.25) is 4.68 Å². The van der Waals surface area contributed by atoms with Crippen molar-refractivity contribution in [2.24, 2.45) is 7.05 Å². The van der Waals surface area contributed by atoms with Crippen LogP contribution in [-0.2, 0) is 11.8 Å². The summed E-state index contributed by atoms with van der Waals surface area (Å²) in [4.78, 5) is 11.8. The largest absolute Gasteiger partial charge is 0.300 e.